The van der Waals surface area contributed by atoms with Crippen LogP contribution in [0.15, 0.2) is 91.8 Å². The zero-order valence-electron chi connectivity index (χ0n) is 26.3. The Balaban J connectivity index is 1.38. The summed E-state index contributed by atoms with van der Waals surface area (Å²) < 4.78 is 12.6. The van der Waals surface area contributed by atoms with Gasteiger partial charge in [0.2, 0.25) is 5.16 Å². The van der Waals surface area contributed by atoms with Crippen molar-refractivity contribution in [3.63, 3.8) is 0 Å². The van der Waals surface area contributed by atoms with Crippen molar-refractivity contribution in [1.82, 2.24) is 19.7 Å². The van der Waals surface area contributed by atoms with Gasteiger partial charge in [0.15, 0.2) is 10.6 Å². The molecule has 1 aliphatic rings. The maximum atomic E-state index is 14.0. The van der Waals surface area contributed by atoms with Gasteiger partial charge < -0.3 is 9.47 Å². The number of esters is 1. The Morgan fingerprint density at radius 1 is 1.14 bits per heavy atom. The molecule has 0 radical (unpaired) electrons. The Bertz CT molecular complexity index is 2330. The van der Waals surface area contributed by atoms with E-state index in [1.54, 1.807) is 88.6 Å². The van der Waals surface area contributed by atoms with E-state index in [2.05, 4.69) is 20.2 Å². The number of aromatic nitrogens is 4. The van der Waals surface area contributed by atoms with Crippen LogP contribution in [0.5, 0.6) is 5.75 Å². The summed E-state index contributed by atoms with van der Waals surface area (Å²) in [5.41, 5.74) is 1.69. The topological polar surface area (TPSA) is 155 Å². The summed E-state index contributed by atoms with van der Waals surface area (Å²) in [6.07, 6.45) is 1.17. The molecule has 2 aromatic heterocycles. The molecule has 16 heteroatoms. The predicted molar refractivity (Wildman–Crippen MR) is 187 cm³/mol. The summed E-state index contributed by atoms with van der Waals surface area (Å²) in [5.74, 6) is 0.410. The van der Waals surface area contributed by atoms with Crippen LogP contribution in [0.2, 0.25) is 10.0 Å². The third-order valence-corrected chi connectivity index (χ3v) is 9.81. The van der Waals surface area contributed by atoms with Crippen molar-refractivity contribution < 1.29 is 19.2 Å². The highest BCUT2D eigenvalue weighted by Gasteiger charge is 2.34. The number of methoxy groups -OCH3 is 1. The number of carbonyl (C=O) groups is 1. The Hall–Kier alpha value is -4.76. The number of nitrogens with one attached hydrogen (secondary N) is 1. The number of benzene rings is 3. The van der Waals surface area contributed by atoms with Gasteiger partial charge in [0, 0.05) is 16.7 Å². The first-order valence-electron chi connectivity index (χ1n) is 14.6. The van der Waals surface area contributed by atoms with Crippen LogP contribution in [0.4, 0.5) is 5.69 Å². The fourth-order valence-electron chi connectivity index (χ4n) is 5.16. The molecule has 0 saturated carbocycles. The van der Waals surface area contributed by atoms with Crippen LogP contribution in [0.3, 0.4) is 0 Å². The SMILES string of the molecule is COc1ccc([C@@H]2C(C(=O)OC(C)C)=C(C)N=c3s/c(=C/c4ccc(Sc5n[nH]c(-c6ccc(Cl)cc6Cl)n5)c([N+](=O)[O-])c4)c(=O)n32)cc1. The molecule has 0 amide bonds. The molecule has 49 heavy (non-hydrogen) atoms. The van der Waals surface area contributed by atoms with E-state index in [1.807, 2.05) is 0 Å². The number of rotatable bonds is 9. The number of nitro groups is 1. The summed E-state index contributed by atoms with van der Waals surface area (Å²) in [6.45, 7) is 5.19. The first kappa shape index (κ1) is 34.1. The van der Waals surface area contributed by atoms with Crippen molar-refractivity contribution in [2.24, 2.45) is 4.99 Å². The van der Waals surface area contributed by atoms with Crippen molar-refractivity contribution in [2.45, 2.75) is 43.0 Å². The van der Waals surface area contributed by atoms with Gasteiger partial charge in [-0.05, 0) is 86.1 Å². The number of fused-ring (bicyclic) bond motifs is 1. The highest BCUT2D eigenvalue weighted by Crippen LogP contribution is 2.36. The number of hydrogen-bond acceptors (Lipinski definition) is 11. The van der Waals surface area contributed by atoms with Gasteiger partial charge in [0.25, 0.3) is 11.2 Å². The second-order valence-electron chi connectivity index (χ2n) is 11.0. The van der Waals surface area contributed by atoms with Gasteiger partial charge in [-0.3, -0.25) is 24.6 Å². The van der Waals surface area contributed by atoms with Crippen LogP contribution in [-0.4, -0.2) is 43.9 Å². The molecule has 12 nitrogen and oxygen atoms in total. The van der Waals surface area contributed by atoms with Crippen LogP contribution >= 0.6 is 46.3 Å². The molecule has 3 heterocycles. The van der Waals surface area contributed by atoms with Crippen LogP contribution < -0.4 is 19.6 Å². The van der Waals surface area contributed by atoms with Gasteiger partial charge in [-0.1, -0.05) is 52.7 Å². The second-order valence-corrected chi connectivity index (χ2v) is 13.8. The standard InChI is InChI=1S/C33H26Cl2N6O6S2/c1-16(2)47-31(43)27-17(3)36-33-40(28(27)19-6-9-21(46-4)10-7-19)30(42)26(49-33)14-18-5-12-25(24(13-18)41(44)45)48-32-37-29(38-39-32)22-11-8-20(34)15-23(22)35/h5-16,28H,1-4H3,(H,37,38,39)/b26-14+/t28-/m1/s1. The third-order valence-electron chi connectivity index (χ3n) is 7.35. The van der Waals surface area contributed by atoms with Crippen molar-refractivity contribution in [2.75, 3.05) is 7.11 Å². The molecule has 0 unspecified atom stereocenters. The average molecular weight is 738 g/mol. The summed E-state index contributed by atoms with van der Waals surface area (Å²) in [6, 6.07) is 15.8. The first-order chi connectivity index (χ1) is 23.4. The van der Waals surface area contributed by atoms with Crippen LogP contribution in [0, 0.1) is 10.1 Å². The maximum Gasteiger partial charge on any atom is 0.338 e. The lowest BCUT2D eigenvalue weighted by Crippen LogP contribution is -2.40. The number of aromatic amines is 1. The smallest absolute Gasteiger partial charge is 0.338 e. The number of carbonyl (C=O) groups excluding carboxylic acids is 1. The Labute approximate surface area is 296 Å². The van der Waals surface area contributed by atoms with Crippen LogP contribution in [0.1, 0.15) is 37.9 Å². The van der Waals surface area contributed by atoms with Crippen LogP contribution in [-0.2, 0) is 9.53 Å². The lowest BCUT2D eigenvalue weighted by Gasteiger charge is -2.25. The largest absolute Gasteiger partial charge is 0.497 e. The van der Waals surface area contributed by atoms with Crippen molar-refractivity contribution in [1.29, 1.82) is 0 Å². The van der Waals surface area contributed by atoms with E-state index in [1.165, 1.54) is 10.6 Å². The third kappa shape index (κ3) is 7.04. The molecule has 250 valence electrons. The van der Waals surface area contributed by atoms with Gasteiger partial charge in [0.1, 0.15) is 5.75 Å². The minimum atomic E-state index is -0.822. The van der Waals surface area contributed by atoms with Gasteiger partial charge in [-0.25, -0.2) is 14.8 Å². The molecule has 3 aromatic carbocycles. The summed E-state index contributed by atoms with van der Waals surface area (Å²) in [5, 5.41) is 20.2. The molecular formula is C33H26Cl2N6O6S2. The van der Waals surface area contributed by atoms with Gasteiger partial charge in [-0.15, -0.1) is 5.10 Å². The molecule has 0 aliphatic carbocycles. The lowest BCUT2D eigenvalue weighted by atomic mass is 9.96. The molecule has 1 N–H and O–H groups in total. The Morgan fingerprint density at radius 2 is 1.90 bits per heavy atom. The van der Waals surface area contributed by atoms with Gasteiger partial charge in [0.05, 0.1) is 49.9 Å². The van der Waals surface area contributed by atoms with E-state index >= 15 is 0 Å². The fraction of sp³-hybridized carbons (Fsp3) is 0.182. The Kier molecular flexibility index (Phi) is 9.75. The quantitative estimate of drug-likeness (QED) is 0.104. The number of thiazole rings is 1. The molecule has 1 atom stereocenters. The highest BCUT2D eigenvalue weighted by molar-refractivity contribution is 7.99. The minimum Gasteiger partial charge on any atom is -0.497 e. The molecule has 5 aromatic rings. The summed E-state index contributed by atoms with van der Waals surface area (Å²) in [7, 11) is 1.55. The number of nitrogens with zero attached hydrogens (tertiary/aromatic N) is 5. The van der Waals surface area contributed by atoms with Crippen molar-refractivity contribution in [3.05, 3.63) is 123 Å². The predicted octanol–water partition coefficient (Wildman–Crippen LogP) is 6.35. The second kappa shape index (κ2) is 14.0. The van der Waals surface area contributed by atoms with E-state index in [4.69, 9.17) is 32.7 Å². The zero-order valence-corrected chi connectivity index (χ0v) is 29.4. The number of H-pyrrole nitrogens is 1. The molecule has 0 spiro atoms. The maximum absolute atomic E-state index is 14.0. The van der Waals surface area contributed by atoms with Gasteiger partial charge in [-0.2, -0.15) is 0 Å². The molecule has 6 rings (SSSR count). The number of nitro benzene ring substituents is 1. The molecule has 1 aliphatic heterocycles. The first-order valence-corrected chi connectivity index (χ1v) is 17.0. The van der Waals surface area contributed by atoms with E-state index in [-0.39, 0.29) is 20.9 Å². The molecule has 0 bridgehead atoms. The molecule has 0 saturated heterocycles. The zero-order chi connectivity index (χ0) is 35.0. The summed E-state index contributed by atoms with van der Waals surface area (Å²) >= 11 is 14.4. The van der Waals surface area contributed by atoms with E-state index in [9.17, 15) is 19.7 Å². The van der Waals surface area contributed by atoms with E-state index in [0.717, 1.165) is 23.1 Å². The van der Waals surface area contributed by atoms with Crippen molar-refractivity contribution in [3.8, 4) is 17.1 Å². The average Bonchev–Trinajstić information content (AvgIpc) is 3.64. The lowest BCUT2D eigenvalue weighted by molar-refractivity contribution is -0.387. The number of ether oxygens (including phenoxy) is 2. The van der Waals surface area contributed by atoms with Gasteiger partial charge >= 0.3 is 5.97 Å². The minimum absolute atomic E-state index is 0.201. The van der Waals surface area contributed by atoms with E-state index in [0.29, 0.717) is 53.7 Å². The monoisotopic (exact) mass is 736 g/mol. The number of hydrogen-bond donors (Lipinski definition) is 1. The van der Waals surface area contributed by atoms with Crippen molar-refractivity contribution >= 4 is 64.0 Å². The van der Waals surface area contributed by atoms with Crippen LogP contribution in [0.25, 0.3) is 17.5 Å². The Morgan fingerprint density at radius 3 is 2.57 bits per heavy atom. The van der Waals surface area contributed by atoms with E-state index < -0.39 is 28.6 Å². The fourth-order valence-corrected chi connectivity index (χ4v) is 7.50. The highest BCUT2D eigenvalue weighted by atomic mass is 35.5. The number of allylic oxidation sites excluding steroid dienone is 1. The number of halogens is 2. The normalized spacial score (nSPS) is 14.5. The summed E-state index contributed by atoms with van der Waals surface area (Å²) in [4.78, 5) is 48.7. The molecular weight excluding hydrogens is 711 g/mol. The molecule has 0 fully saturated rings.